The number of hydrogen-bond donors (Lipinski definition) is 3. The quantitative estimate of drug-likeness (QED) is 0.591. The van der Waals surface area contributed by atoms with Gasteiger partial charge >= 0.3 is 0 Å². The Morgan fingerprint density at radius 1 is 1.14 bits per heavy atom. The van der Waals surface area contributed by atoms with Crippen molar-refractivity contribution in [2.75, 3.05) is 5.43 Å². The van der Waals surface area contributed by atoms with E-state index in [2.05, 4.69) is 26.1 Å². The van der Waals surface area contributed by atoms with Gasteiger partial charge in [0.2, 0.25) is 0 Å². The van der Waals surface area contributed by atoms with Crippen LogP contribution in [0.3, 0.4) is 0 Å². The van der Waals surface area contributed by atoms with Crippen molar-refractivity contribution in [3.8, 4) is 0 Å². The number of hydrazine groups is 1. The van der Waals surface area contributed by atoms with Crippen molar-refractivity contribution in [3.05, 3.63) is 29.3 Å². The summed E-state index contributed by atoms with van der Waals surface area (Å²) in [5.74, 6) is 2.68. The van der Waals surface area contributed by atoms with Crippen LogP contribution in [0.1, 0.15) is 51.4 Å². The highest BCUT2D eigenvalue weighted by Crippen LogP contribution is 2.27. The van der Waals surface area contributed by atoms with E-state index < -0.39 is 28.8 Å². The van der Waals surface area contributed by atoms with Gasteiger partial charge in [-0.25, -0.2) is 8.78 Å². The summed E-state index contributed by atoms with van der Waals surface area (Å²) in [5.41, 5.74) is 0.913. The highest BCUT2D eigenvalue weighted by atomic mass is 19.1. The molecule has 0 fully saturated rings. The Morgan fingerprint density at radius 3 is 2.00 bits per heavy atom. The zero-order chi connectivity index (χ0) is 16.4. The molecule has 0 aliphatic rings. The fourth-order valence-electron chi connectivity index (χ4n) is 2.59. The second kappa shape index (κ2) is 5.97. The van der Waals surface area contributed by atoms with Crippen LogP contribution in [0.5, 0.6) is 0 Å². The van der Waals surface area contributed by atoms with Gasteiger partial charge in [-0.3, -0.25) is 10.6 Å². The molecule has 118 valence electrons. The van der Waals surface area contributed by atoms with Gasteiger partial charge in [0.05, 0.1) is 0 Å². The second-order valence-corrected chi connectivity index (χ2v) is 7.03. The first-order chi connectivity index (χ1) is 9.45. The Morgan fingerprint density at radius 2 is 1.62 bits per heavy atom. The highest BCUT2D eigenvalue weighted by molar-refractivity contribution is 5.95. The van der Waals surface area contributed by atoms with Crippen LogP contribution < -0.4 is 16.6 Å². The lowest BCUT2D eigenvalue weighted by Gasteiger charge is -2.33. The molecular weight excluding hydrogens is 276 g/mol. The van der Waals surface area contributed by atoms with E-state index in [1.807, 2.05) is 19.3 Å². The van der Waals surface area contributed by atoms with E-state index in [-0.39, 0.29) is 11.0 Å². The fourth-order valence-corrected chi connectivity index (χ4v) is 2.59. The van der Waals surface area contributed by atoms with Crippen LogP contribution in [0, 0.1) is 17.0 Å². The molecule has 0 aliphatic heterocycles. The molecule has 0 saturated carbocycles. The standard InChI is InChI=1S/C15H23F2N3O/c1-14(2,3)8-15(4,5)19-13(21)9-6-10(16)12(20-18)11(17)7-9/h6-7,20H,8,18H2,1-5H3,(H,19,21). The minimum absolute atomic E-state index is 0.0145. The lowest BCUT2D eigenvalue weighted by molar-refractivity contribution is 0.0890. The number of halogens is 2. The number of benzene rings is 1. The van der Waals surface area contributed by atoms with Crippen LogP contribution in [0.15, 0.2) is 12.1 Å². The van der Waals surface area contributed by atoms with Crippen molar-refractivity contribution in [1.82, 2.24) is 5.32 Å². The zero-order valence-electron chi connectivity index (χ0n) is 13.1. The Bertz CT molecular complexity index is 513. The van der Waals surface area contributed by atoms with Crippen LogP contribution in [0.4, 0.5) is 14.5 Å². The molecule has 21 heavy (non-hydrogen) atoms. The Balaban J connectivity index is 2.95. The Labute approximate surface area is 124 Å². The summed E-state index contributed by atoms with van der Waals surface area (Å²) in [4.78, 5) is 12.2. The second-order valence-electron chi connectivity index (χ2n) is 7.03. The van der Waals surface area contributed by atoms with Gasteiger partial charge in [-0.2, -0.15) is 0 Å². The Hall–Kier alpha value is -1.69. The van der Waals surface area contributed by atoms with E-state index in [0.29, 0.717) is 0 Å². The van der Waals surface area contributed by atoms with Gasteiger partial charge in [-0.15, -0.1) is 0 Å². The van der Waals surface area contributed by atoms with E-state index in [9.17, 15) is 13.6 Å². The summed E-state index contributed by atoms with van der Waals surface area (Å²) in [6.45, 7) is 9.92. The third kappa shape index (κ3) is 4.97. The van der Waals surface area contributed by atoms with Gasteiger partial charge < -0.3 is 10.7 Å². The summed E-state index contributed by atoms with van der Waals surface area (Å²) in [6.07, 6.45) is 0.721. The summed E-state index contributed by atoms with van der Waals surface area (Å²) < 4.78 is 27.2. The van der Waals surface area contributed by atoms with Crippen molar-refractivity contribution in [1.29, 1.82) is 0 Å². The molecule has 6 heteroatoms. The highest BCUT2D eigenvalue weighted by Gasteiger charge is 2.28. The smallest absolute Gasteiger partial charge is 0.251 e. The third-order valence-electron chi connectivity index (χ3n) is 2.87. The lowest BCUT2D eigenvalue weighted by Crippen LogP contribution is -2.45. The van der Waals surface area contributed by atoms with E-state index in [1.165, 1.54) is 0 Å². The molecule has 0 heterocycles. The number of nitrogen functional groups attached to an aromatic ring is 1. The predicted molar refractivity (Wildman–Crippen MR) is 79.8 cm³/mol. The number of carbonyl (C=O) groups is 1. The van der Waals surface area contributed by atoms with Crippen molar-refractivity contribution in [2.45, 2.75) is 46.6 Å². The van der Waals surface area contributed by atoms with Crippen molar-refractivity contribution in [2.24, 2.45) is 11.3 Å². The van der Waals surface area contributed by atoms with Gasteiger partial charge in [0.15, 0.2) is 11.6 Å². The van der Waals surface area contributed by atoms with Gasteiger partial charge in [0.25, 0.3) is 5.91 Å². The van der Waals surface area contributed by atoms with Crippen LogP contribution >= 0.6 is 0 Å². The minimum Gasteiger partial charge on any atom is -0.347 e. The molecule has 0 aliphatic carbocycles. The molecule has 1 rings (SSSR count). The average molecular weight is 299 g/mol. The lowest BCUT2D eigenvalue weighted by atomic mass is 9.81. The minimum atomic E-state index is -0.906. The maximum absolute atomic E-state index is 13.6. The number of rotatable bonds is 4. The number of anilines is 1. The molecule has 4 nitrogen and oxygen atoms in total. The third-order valence-corrected chi connectivity index (χ3v) is 2.87. The summed E-state index contributed by atoms with van der Waals surface area (Å²) >= 11 is 0. The molecule has 1 aromatic carbocycles. The summed E-state index contributed by atoms with van der Waals surface area (Å²) in [5, 5.41) is 2.80. The first-order valence-corrected chi connectivity index (χ1v) is 6.73. The van der Waals surface area contributed by atoms with E-state index in [4.69, 9.17) is 5.84 Å². The molecule has 0 atom stereocenters. The van der Waals surface area contributed by atoms with Crippen LogP contribution in [-0.4, -0.2) is 11.4 Å². The van der Waals surface area contributed by atoms with E-state index in [1.54, 1.807) is 0 Å². The largest absolute Gasteiger partial charge is 0.347 e. The van der Waals surface area contributed by atoms with Crippen molar-refractivity contribution >= 4 is 11.6 Å². The van der Waals surface area contributed by atoms with Crippen molar-refractivity contribution < 1.29 is 13.6 Å². The van der Waals surface area contributed by atoms with Gasteiger partial charge in [-0.1, -0.05) is 20.8 Å². The van der Waals surface area contributed by atoms with Gasteiger partial charge in [-0.05, 0) is 37.8 Å². The molecule has 0 spiro atoms. The van der Waals surface area contributed by atoms with Gasteiger partial charge in [0, 0.05) is 11.1 Å². The number of amides is 1. The normalized spacial score (nSPS) is 12.2. The molecule has 0 radical (unpaired) electrons. The number of hydrogen-bond acceptors (Lipinski definition) is 3. The summed E-state index contributed by atoms with van der Waals surface area (Å²) in [6, 6.07) is 1.92. The van der Waals surface area contributed by atoms with Crippen LogP contribution in [0.25, 0.3) is 0 Å². The predicted octanol–water partition coefficient (Wildman–Crippen LogP) is 3.20. The number of nitrogens with one attached hydrogen (secondary N) is 2. The van der Waals surface area contributed by atoms with E-state index >= 15 is 0 Å². The number of nitrogens with two attached hydrogens (primary N) is 1. The monoisotopic (exact) mass is 299 g/mol. The van der Waals surface area contributed by atoms with Crippen molar-refractivity contribution in [3.63, 3.8) is 0 Å². The Kier molecular flexibility index (Phi) is 4.94. The molecule has 0 unspecified atom stereocenters. The maximum atomic E-state index is 13.6. The number of carbonyl (C=O) groups excluding carboxylic acids is 1. The molecule has 1 aromatic rings. The van der Waals surface area contributed by atoms with Gasteiger partial charge in [0.1, 0.15) is 5.69 Å². The summed E-state index contributed by atoms with van der Waals surface area (Å²) in [7, 11) is 0. The first kappa shape index (κ1) is 17.4. The SMILES string of the molecule is CC(C)(C)CC(C)(C)NC(=O)c1cc(F)c(NN)c(F)c1. The molecule has 0 aromatic heterocycles. The first-order valence-electron chi connectivity index (χ1n) is 6.73. The van der Waals surface area contributed by atoms with E-state index in [0.717, 1.165) is 18.6 Å². The molecule has 1 amide bonds. The maximum Gasteiger partial charge on any atom is 0.251 e. The molecule has 0 saturated heterocycles. The average Bonchev–Trinajstić information content (AvgIpc) is 2.24. The fraction of sp³-hybridized carbons (Fsp3) is 0.533. The van der Waals surface area contributed by atoms with Crippen LogP contribution in [-0.2, 0) is 0 Å². The molecule has 0 bridgehead atoms. The molecule has 4 N–H and O–H groups in total. The zero-order valence-corrected chi connectivity index (χ0v) is 13.1. The van der Waals surface area contributed by atoms with Crippen LogP contribution in [0.2, 0.25) is 0 Å². The molecular formula is C15H23F2N3O. The topological polar surface area (TPSA) is 67.2 Å².